The quantitative estimate of drug-likeness (QED) is 0.752. The Morgan fingerprint density at radius 2 is 1.79 bits per heavy atom. The third-order valence-electron chi connectivity index (χ3n) is 4.87. The monoisotopic (exact) mass is 320 g/mol. The lowest BCUT2D eigenvalue weighted by molar-refractivity contribution is 0.0654. The predicted octanol–water partition coefficient (Wildman–Crippen LogP) is 3.61. The van der Waals surface area contributed by atoms with E-state index in [1.807, 2.05) is 24.3 Å². The number of hydrogen-bond acceptors (Lipinski definition) is 4. The molecule has 0 saturated carbocycles. The summed E-state index contributed by atoms with van der Waals surface area (Å²) in [6.45, 7) is 0.301. The summed E-state index contributed by atoms with van der Waals surface area (Å²) in [5.41, 5.74) is 3.42. The van der Waals surface area contributed by atoms with Crippen LogP contribution < -0.4 is 14.2 Å². The topological polar surface area (TPSA) is 36.9 Å². The van der Waals surface area contributed by atoms with Gasteiger partial charge in [0.1, 0.15) is 5.75 Å². The molecule has 5 rings (SSSR count). The van der Waals surface area contributed by atoms with Gasteiger partial charge in [-0.1, -0.05) is 11.8 Å². The fourth-order valence-corrected chi connectivity index (χ4v) is 3.66. The SMILES string of the molecule is COc1ccc(C#CC2C[C@H]3O[C@@H]2c2cc4c(cc23)OCO4)cc1. The van der Waals surface area contributed by atoms with E-state index in [1.54, 1.807) is 7.11 Å². The molecule has 2 aromatic carbocycles. The van der Waals surface area contributed by atoms with Crippen LogP contribution >= 0.6 is 0 Å². The Hall–Kier alpha value is -2.64. The van der Waals surface area contributed by atoms with E-state index in [0.29, 0.717) is 6.79 Å². The van der Waals surface area contributed by atoms with Crippen molar-refractivity contribution in [3.63, 3.8) is 0 Å². The smallest absolute Gasteiger partial charge is 0.231 e. The molecule has 1 saturated heterocycles. The van der Waals surface area contributed by atoms with Crippen molar-refractivity contribution in [3.05, 3.63) is 53.1 Å². The summed E-state index contributed by atoms with van der Waals surface area (Å²) in [5, 5.41) is 0. The zero-order chi connectivity index (χ0) is 16.1. The van der Waals surface area contributed by atoms with Crippen LogP contribution in [0.1, 0.15) is 35.3 Å². The molecule has 4 nitrogen and oxygen atoms in total. The fourth-order valence-electron chi connectivity index (χ4n) is 3.66. The first kappa shape index (κ1) is 13.8. The number of methoxy groups -OCH3 is 1. The lowest BCUT2D eigenvalue weighted by Gasteiger charge is -2.17. The summed E-state index contributed by atoms with van der Waals surface area (Å²) in [6, 6.07) is 11.9. The highest BCUT2D eigenvalue weighted by molar-refractivity contribution is 5.53. The van der Waals surface area contributed by atoms with Crippen molar-refractivity contribution >= 4 is 0 Å². The Kier molecular flexibility index (Phi) is 2.97. The van der Waals surface area contributed by atoms with E-state index < -0.39 is 0 Å². The van der Waals surface area contributed by atoms with Crippen LogP contribution in [0, 0.1) is 17.8 Å². The van der Waals surface area contributed by atoms with Gasteiger partial charge in [0.25, 0.3) is 0 Å². The van der Waals surface area contributed by atoms with Crippen LogP contribution in [0.4, 0.5) is 0 Å². The van der Waals surface area contributed by atoms with Gasteiger partial charge < -0.3 is 18.9 Å². The van der Waals surface area contributed by atoms with E-state index in [9.17, 15) is 0 Å². The van der Waals surface area contributed by atoms with Gasteiger partial charge in [-0.15, -0.1) is 0 Å². The van der Waals surface area contributed by atoms with E-state index in [1.165, 1.54) is 11.1 Å². The van der Waals surface area contributed by atoms with Crippen molar-refractivity contribution in [1.82, 2.24) is 0 Å². The van der Waals surface area contributed by atoms with Crippen LogP contribution in [-0.2, 0) is 4.74 Å². The molecule has 24 heavy (non-hydrogen) atoms. The molecule has 0 aliphatic carbocycles. The number of hydrogen-bond donors (Lipinski definition) is 0. The highest BCUT2D eigenvalue weighted by atomic mass is 16.7. The highest BCUT2D eigenvalue weighted by Gasteiger charge is 2.45. The van der Waals surface area contributed by atoms with Crippen LogP contribution in [0.25, 0.3) is 0 Å². The molecule has 0 spiro atoms. The van der Waals surface area contributed by atoms with Crippen LogP contribution in [-0.4, -0.2) is 13.9 Å². The van der Waals surface area contributed by atoms with E-state index in [4.69, 9.17) is 18.9 Å². The Balaban J connectivity index is 1.42. The summed E-state index contributed by atoms with van der Waals surface area (Å²) in [5.74, 6) is 9.34. The Labute approximate surface area is 140 Å². The lowest BCUT2D eigenvalue weighted by atomic mass is 9.84. The number of ether oxygens (including phenoxy) is 4. The second-order valence-electron chi connectivity index (χ2n) is 6.22. The van der Waals surface area contributed by atoms with Gasteiger partial charge in [-0.2, -0.15) is 0 Å². The molecule has 3 heterocycles. The van der Waals surface area contributed by atoms with Crippen molar-refractivity contribution in [2.24, 2.45) is 5.92 Å². The molecule has 1 unspecified atom stereocenters. The molecule has 120 valence electrons. The molecule has 0 amide bonds. The second kappa shape index (κ2) is 5.19. The van der Waals surface area contributed by atoms with Gasteiger partial charge in [-0.25, -0.2) is 0 Å². The lowest BCUT2D eigenvalue weighted by Crippen LogP contribution is -2.09. The molecular weight excluding hydrogens is 304 g/mol. The van der Waals surface area contributed by atoms with Gasteiger partial charge in [0.15, 0.2) is 11.5 Å². The van der Waals surface area contributed by atoms with Gasteiger partial charge in [0.2, 0.25) is 6.79 Å². The third kappa shape index (κ3) is 2.05. The summed E-state index contributed by atoms with van der Waals surface area (Å²) < 4.78 is 22.3. The first-order valence-corrected chi connectivity index (χ1v) is 8.06. The molecule has 3 aliphatic heterocycles. The third-order valence-corrected chi connectivity index (χ3v) is 4.87. The molecule has 0 N–H and O–H groups in total. The van der Waals surface area contributed by atoms with E-state index >= 15 is 0 Å². The van der Waals surface area contributed by atoms with Gasteiger partial charge in [0.05, 0.1) is 25.2 Å². The average Bonchev–Trinajstić information content (AvgIpc) is 3.32. The second-order valence-corrected chi connectivity index (χ2v) is 6.22. The summed E-state index contributed by atoms with van der Waals surface area (Å²) in [7, 11) is 1.66. The van der Waals surface area contributed by atoms with Gasteiger partial charge >= 0.3 is 0 Å². The maximum Gasteiger partial charge on any atom is 0.231 e. The average molecular weight is 320 g/mol. The number of rotatable bonds is 1. The highest BCUT2D eigenvalue weighted by Crippen LogP contribution is 2.56. The zero-order valence-electron chi connectivity index (χ0n) is 13.2. The summed E-state index contributed by atoms with van der Waals surface area (Å²) in [4.78, 5) is 0. The molecule has 3 aliphatic rings. The van der Waals surface area contributed by atoms with Crippen LogP contribution in [0.15, 0.2) is 36.4 Å². The Morgan fingerprint density at radius 3 is 2.54 bits per heavy atom. The normalized spacial score (nSPS) is 25.1. The van der Waals surface area contributed by atoms with Crippen LogP contribution in [0.5, 0.6) is 17.2 Å². The Bertz CT molecular complexity index is 860. The van der Waals surface area contributed by atoms with Crippen molar-refractivity contribution in [3.8, 4) is 29.1 Å². The van der Waals surface area contributed by atoms with E-state index in [0.717, 1.165) is 29.2 Å². The first-order valence-electron chi connectivity index (χ1n) is 8.06. The molecule has 0 aromatic heterocycles. The molecule has 1 fully saturated rings. The summed E-state index contributed by atoms with van der Waals surface area (Å²) in [6.07, 6.45) is 1.08. The largest absolute Gasteiger partial charge is 0.497 e. The van der Waals surface area contributed by atoms with E-state index in [2.05, 4.69) is 24.0 Å². The molecule has 4 heteroatoms. The molecular formula is C20H16O4. The zero-order valence-corrected chi connectivity index (χ0v) is 13.2. The van der Waals surface area contributed by atoms with Crippen molar-refractivity contribution < 1.29 is 18.9 Å². The number of benzene rings is 2. The van der Waals surface area contributed by atoms with Crippen molar-refractivity contribution in [1.29, 1.82) is 0 Å². The predicted molar refractivity (Wildman–Crippen MR) is 87.1 cm³/mol. The van der Waals surface area contributed by atoms with Crippen molar-refractivity contribution in [2.45, 2.75) is 18.6 Å². The van der Waals surface area contributed by atoms with Gasteiger partial charge in [-0.05, 0) is 53.9 Å². The number of fused-ring (bicyclic) bond motifs is 6. The van der Waals surface area contributed by atoms with Crippen LogP contribution in [0.2, 0.25) is 0 Å². The maximum absolute atomic E-state index is 6.13. The minimum Gasteiger partial charge on any atom is -0.497 e. The summed E-state index contributed by atoms with van der Waals surface area (Å²) >= 11 is 0. The van der Waals surface area contributed by atoms with Crippen LogP contribution in [0.3, 0.4) is 0 Å². The molecule has 2 aromatic rings. The van der Waals surface area contributed by atoms with Gasteiger partial charge in [0, 0.05) is 5.56 Å². The minimum atomic E-state index is 0.0326. The maximum atomic E-state index is 6.13. The molecule has 2 bridgehead atoms. The molecule has 3 atom stereocenters. The fraction of sp³-hybridized carbons (Fsp3) is 0.300. The first-order chi connectivity index (χ1) is 11.8. The van der Waals surface area contributed by atoms with Crippen molar-refractivity contribution in [2.75, 3.05) is 13.9 Å². The van der Waals surface area contributed by atoms with E-state index in [-0.39, 0.29) is 18.1 Å². The minimum absolute atomic E-state index is 0.0326. The van der Waals surface area contributed by atoms with Gasteiger partial charge in [-0.3, -0.25) is 0 Å². The Morgan fingerprint density at radius 1 is 1.04 bits per heavy atom. The standard InChI is InChI=1S/C20H16O4/c1-21-14-6-3-12(4-7-14)2-5-13-8-17-15-9-18-19(23-11-22-18)10-16(15)20(13)24-17/h3-4,6-7,9-10,13,17,20H,8,11H2,1H3/t13?,17-,20+/m1/s1. The molecule has 0 radical (unpaired) electrons.